The van der Waals surface area contributed by atoms with Crippen molar-refractivity contribution >= 4 is 11.7 Å². The van der Waals surface area contributed by atoms with Crippen LogP contribution in [0.5, 0.6) is 0 Å². The first-order valence-corrected chi connectivity index (χ1v) is 7.97. The van der Waals surface area contributed by atoms with Gasteiger partial charge >= 0.3 is 5.97 Å². The van der Waals surface area contributed by atoms with Gasteiger partial charge in [-0.05, 0) is 29.9 Å². The SMILES string of the molecule is Cc1cccc(-c2ccccc2)c1NOC(=O)CCC(C)(C)C. The second-order valence-electron chi connectivity index (χ2n) is 7.00. The molecule has 0 fully saturated rings. The molecule has 0 saturated heterocycles. The Labute approximate surface area is 138 Å². The lowest BCUT2D eigenvalue weighted by molar-refractivity contribution is -0.141. The van der Waals surface area contributed by atoms with E-state index >= 15 is 0 Å². The van der Waals surface area contributed by atoms with Crippen molar-refractivity contribution in [3.05, 3.63) is 54.1 Å². The first-order chi connectivity index (χ1) is 10.9. The van der Waals surface area contributed by atoms with E-state index in [9.17, 15) is 4.79 Å². The lowest BCUT2D eigenvalue weighted by atomic mass is 9.91. The Morgan fingerprint density at radius 3 is 2.39 bits per heavy atom. The molecule has 0 unspecified atom stereocenters. The lowest BCUT2D eigenvalue weighted by Gasteiger charge is -2.18. The van der Waals surface area contributed by atoms with E-state index in [0.29, 0.717) is 6.42 Å². The van der Waals surface area contributed by atoms with Crippen molar-refractivity contribution in [3.8, 4) is 11.1 Å². The van der Waals surface area contributed by atoms with Gasteiger partial charge in [0, 0.05) is 12.0 Å². The zero-order valence-corrected chi connectivity index (χ0v) is 14.3. The summed E-state index contributed by atoms with van der Waals surface area (Å²) in [4.78, 5) is 17.2. The highest BCUT2D eigenvalue weighted by Gasteiger charge is 2.15. The second-order valence-corrected chi connectivity index (χ2v) is 7.00. The van der Waals surface area contributed by atoms with Crippen molar-refractivity contribution in [3.63, 3.8) is 0 Å². The van der Waals surface area contributed by atoms with Crippen LogP contribution in [-0.2, 0) is 9.63 Å². The molecule has 1 N–H and O–H groups in total. The number of carbonyl (C=O) groups is 1. The van der Waals surface area contributed by atoms with Gasteiger partial charge in [0.1, 0.15) is 0 Å². The standard InChI is InChI=1S/C20H25NO2/c1-15-9-8-12-17(16-10-6-5-7-11-16)19(15)21-23-18(22)13-14-20(2,3)4/h5-12,21H,13-14H2,1-4H3. The molecule has 3 heteroatoms. The molecule has 0 atom stereocenters. The van der Waals surface area contributed by atoms with Crippen LogP contribution in [0.15, 0.2) is 48.5 Å². The molecule has 0 aromatic heterocycles. The smallest absolute Gasteiger partial charge is 0.332 e. The van der Waals surface area contributed by atoms with Crippen molar-refractivity contribution in [2.75, 3.05) is 5.48 Å². The molecule has 23 heavy (non-hydrogen) atoms. The topological polar surface area (TPSA) is 38.3 Å². The predicted octanol–water partition coefficient (Wildman–Crippen LogP) is 5.36. The molecule has 0 aliphatic carbocycles. The van der Waals surface area contributed by atoms with Crippen LogP contribution in [0.4, 0.5) is 5.69 Å². The van der Waals surface area contributed by atoms with E-state index in [1.54, 1.807) is 0 Å². The van der Waals surface area contributed by atoms with E-state index in [1.165, 1.54) is 0 Å². The molecular weight excluding hydrogens is 286 g/mol. The van der Waals surface area contributed by atoms with Crippen LogP contribution < -0.4 is 5.48 Å². The maximum atomic E-state index is 11.9. The number of anilines is 1. The van der Waals surface area contributed by atoms with Crippen LogP contribution in [0.1, 0.15) is 39.2 Å². The van der Waals surface area contributed by atoms with Crippen molar-refractivity contribution in [2.45, 2.75) is 40.5 Å². The average molecular weight is 311 g/mol. The van der Waals surface area contributed by atoms with Crippen LogP contribution in [0, 0.1) is 12.3 Å². The highest BCUT2D eigenvalue weighted by molar-refractivity contribution is 5.80. The molecule has 0 saturated carbocycles. The predicted molar refractivity (Wildman–Crippen MR) is 95.0 cm³/mol. The van der Waals surface area contributed by atoms with Gasteiger partial charge in [0.05, 0.1) is 5.69 Å². The molecule has 2 aromatic rings. The molecule has 0 radical (unpaired) electrons. The van der Waals surface area contributed by atoms with Crippen molar-refractivity contribution in [1.29, 1.82) is 0 Å². The lowest BCUT2D eigenvalue weighted by Crippen LogP contribution is -2.15. The molecule has 0 heterocycles. The largest absolute Gasteiger partial charge is 0.343 e. The Balaban J connectivity index is 2.10. The third-order valence-electron chi connectivity index (χ3n) is 3.70. The number of benzene rings is 2. The van der Waals surface area contributed by atoms with E-state index in [-0.39, 0.29) is 11.4 Å². The monoisotopic (exact) mass is 311 g/mol. The van der Waals surface area contributed by atoms with Gasteiger partial charge in [-0.2, -0.15) is 0 Å². The number of aryl methyl sites for hydroxylation is 1. The van der Waals surface area contributed by atoms with E-state index in [0.717, 1.165) is 28.8 Å². The summed E-state index contributed by atoms with van der Waals surface area (Å²) in [5, 5.41) is 0. The van der Waals surface area contributed by atoms with Crippen LogP contribution in [0.25, 0.3) is 11.1 Å². The molecule has 3 nitrogen and oxygen atoms in total. The van der Waals surface area contributed by atoms with Crippen LogP contribution in [0.2, 0.25) is 0 Å². The van der Waals surface area contributed by atoms with Gasteiger partial charge < -0.3 is 4.84 Å². The fraction of sp³-hybridized carbons (Fsp3) is 0.350. The van der Waals surface area contributed by atoms with Crippen LogP contribution in [-0.4, -0.2) is 5.97 Å². The average Bonchev–Trinajstić information content (AvgIpc) is 2.51. The van der Waals surface area contributed by atoms with Gasteiger partial charge in [-0.3, -0.25) is 0 Å². The molecule has 0 bridgehead atoms. The number of nitrogens with one attached hydrogen (secondary N) is 1. The zero-order chi connectivity index (χ0) is 16.9. The van der Waals surface area contributed by atoms with Gasteiger partial charge in [-0.15, -0.1) is 0 Å². The number of para-hydroxylation sites is 1. The van der Waals surface area contributed by atoms with Crippen molar-refractivity contribution in [1.82, 2.24) is 0 Å². The first-order valence-electron chi connectivity index (χ1n) is 7.97. The summed E-state index contributed by atoms with van der Waals surface area (Å²) in [7, 11) is 0. The van der Waals surface area contributed by atoms with Crippen LogP contribution >= 0.6 is 0 Å². The fourth-order valence-corrected chi connectivity index (χ4v) is 2.30. The molecule has 0 spiro atoms. The molecular formula is C20H25NO2. The molecule has 0 aliphatic rings. The van der Waals surface area contributed by atoms with E-state index in [2.05, 4.69) is 26.3 Å². The Morgan fingerprint density at radius 1 is 1.04 bits per heavy atom. The van der Waals surface area contributed by atoms with Crippen LogP contribution in [0.3, 0.4) is 0 Å². The van der Waals surface area contributed by atoms with Gasteiger partial charge in [0.15, 0.2) is 0 Å². The molecule has 2 aromatic carbocycles. The minimum atomic E-state index is -0.234. The Hall–Kier alpha value is -2.29. The maximum Gasteiger partial charge on any atom is 0.332 e. The number of hydrogen-bond donors (Lipinski definition) is 1. The Morgan fingerprint density at radius 2 is 1.74 bits per heavy atom. The highest BCUT2D eigenvalue weighted by atomic mass is 16.7. The van der Waals surface area contributed by atoms with E-state index < -0.39 is 0 Å². The summed E-state index contributed by atoms with van der Waals surface area (Å²) in [5.41, 5.74) is 6.97. The summed E-state index contributed by atoms with van der Waals surface area (Å²) < 4.78 is 0. The third-order valence-corrected chi connectivity index (χ3v) is 3.70. The summed E-state index contributed by atoms with van der Waals surface area (Å²) in [5.74, 6) is -0.234. The quantitative estimate of drug-likeness (QED) is 0.756. The summed E-state index contributed by atoms with van der Waals surface area (Å²) in [6.07, 6.45) is 1.20. The molecule has 0 amide bonds. The van der Waals surface area contributed by atoms with Gasteiger partial charge in [-0.25, -0.2) is 10.3 Å². The third kappa shape index (κ3) is 5.13. The van der Waals surface area contributed by atoms with Crippen molar-refractivity contribution < 1.29 is 9.63 Å². The zero-order valence-electron chi connectivity index (χ0n) is 14.3. The molecule has 0 aliphatic heterocycles. The van der Waals surface area contributed by atoms with E-state index in [1.807, 2.05) is 55.5 Å². The van der Waals surface area contributed by atoms with Gasteiger partial charge in [0.2, 0.25) is 0 Å². The second kappa shape index (κ2) is 7.32. The normalized spacial score (nSPS) is 11.1. The number of hydrogen-bond acceptors (Lipinski definition) is 3. The Kier molecular flexibility index (Phi) is 5.43. The molecule has 2 rings (SSSR count). The Bertz CT molecular complexity index is 657. The number of carbonyl (C=O) groups excluding carboxylic acids is 1. The summed E-state index contributed by atoms with van der Waals surface area (Å²) >= 11 is 0. The highest BCUT2D eigenvalue weighted by Crippen LogP contribution is 2.30. The maximum absolute atomic E-state index is 11.9. The van der Waals surface area contributed by atoms with E-state index in [4.69, 9.17) is 4.84 Å². The fourth-order valence-electron chi connectivity index (χ4n) is 2.30. The first kappa shape index (κ1) is 17.1. The summed E-state index contributed by atoms with van der Waals surface area (Å²) in [6, 6.07) is 16.1. The van der Waals surface area contributed by atoms with Crippen molar-refractivity contribution in [2.24, 2.45) is 5.41 Å². The molecule has 122 valence electrons. The minimum Gasteiger partial charge on any atom is -0.343 e. The van der Waals surface area contributed by atoms with Gasteiger partial charge in [0.25, 0.3) is 0 Å². The minimum absolute atomic E-state index is 0.122. The number of rotatable bonds is 5. The van der Waals surface area contributed by atoms with Gasteiger partial charge in [-0.1, -0.05) is 69.3 Å². The summed E-state index contributed by atoms with van der Waals surface area (Å²) in [6.45, 7) is 8.34.